The number of hydrogen-bond donors (Lipinski definition) is 0. The Morgan fingerprint density at radius 1 is 1.60 bits per heavy atom. The third-order valence-electron chi connectivity index (χ3n) is 1.58. The molecule has 1 aromatic heterocycles. The Bertz CT molecular complexity index is 407. The summed E-state index contributed by atoms with van der Waals surface area (Å²) in [7, 11) is 1.32. The highest BCUT2D eigenvalue weighted by atomic mass is 35.5. The molecule has 0 radical (unpaired) electrons. The quantitative estimate of drug-likeness (QED) is 0.436. The second-order valence-corrected chi connectivity index (χ2v) is 3.02. The molecule has 3 nitrogen and oxygen atoms in total. The number of ether oxygens (including phenoxy) is 1. The lowest BCUT2D eigenvalue weighted by molar-refractivity contribution is 0.0594. The van der Waals surface area contributed by atoms with Crippen LogP contribution in [0.5, 0.6) is 0 Å². The molecule has 0 saturated heterocycles. The number of methoxy groups -OCH3 is 1. The molecular formula is C11H10ClNO2. The third-order valence-corrected chi connectivity index (χ3v) is 1.77. The van der Waals surface area contributed by atoms with E-state index in [-0.39, 0.29) is 5.69 Å². The predicted molar refractivity (Wildman–Crippen MR) is 57.8 cm³/mol. The Morgan fingerprint density at radius 2 is 2.40 bits per heavy atom. The zero-order valence-corrected chi connectivity index (χ0v) is 9.04. The Morgan fingerprint density at radius 3 is 3.07 bits per heavy atom. The Balaban J connectivity index is 2.84. The maximum absolute atomic E-state index is 11.1. The normalized spacial score (nSPS) is 8.93. The molecule has 0 N–H and O–H groups in total. The van der Waals surface area contributed by atoms with Gasteiger partial charge in [-0.2, -0.15) is 0 Å². The van der Waals surface area contributed by atoms with Gasteiger partial charge in [-0.25, -0.2) is 9.78 Å². The van der Waals surface area contributed by atoms with Crippen molar-refractivity contribution in [3.8, 4) is 11.8 Å². The number of esters is 1. The van der Waals surface area contributed by atoms with Crippen LogP contribution in [0.1, 0.15) is 22.6 Å². The first-order chi connectivity index (χ1) is 7.27. The van der Waals surface area contributed by atoms with Gasteiger partial charge in [-0.3, -0.25) is 0 Å². The summed E-state index contributed by atoms with van der Waals surface area (Å²) in [5.41, 5.74) is 0.804. The van der Waals surface area contributed by atoms with E-state index in [9.17, 15) is 4.79 Å². The minimum atomic E-state index is -0.462. The second-order valence-electron chi connectivity index (χ2n) is 2.64. The summed E-state index contributed by atoms with van der Waals surface area (Å²) in [5, 5.41) is 0. The number of pyridine rings is 1. The van der Waals surface area contributed by atoms with E-state index in [4.69, 9.17) is 11.6 Å². The van der Waals surface area contributed by atoms with Crippen molar-refractivity contribution in [2.75, 3.05) is 13.0 Å². The minimum Gasteiger partial charge on any atom is -0.464 e. The van der Waals surface area contributed by atoms with E-state index in [0.29, 0.717) is 18.0 Å². The van der Waals surface area contributed by atoms with E-state index >= 15 is 0 Å². The maximum Gasteiger partial charge on any atom is 0.356 e. The fraction of sp³-hybridized carbons (Fsp3) is 0.273. The van der Waals surface area contributed by atoms with Crippen LogP contribution >= 0.6 is 11.6 Å². The number of carbonyl (C=O) groups excluding carboxylic acids is 1. The predicted octanol–water partition coefficient (Wildman–Crippen LogP) is 1.85. The van der Waals surface area contributed by atoms with Gasteiger partial charge in [-0.15, -0.1) is 11.6 Å². The molecule has 4 heteroatoms. The van der Waals surface area contributed by atoms with Gasteiger partial charge in [0.05, 0.1) is 7.11 Å². The fourth-order valence-corrected chi connectivity index (χ4v) is 1.02. The lowest BCUT2D eigenvalue weighted by atomic mass is 10.3. The van der Waals surface area contributed by atoms with E-state index in [2.05, 4.69) is 21.6 Å². The summed E-state index contributed by atoms with van der Waals surface area (Å²) >= 11 is 5.47. The Kier molecular flexibility index (Phi) is 4.65. The molecule has 0 saturated carbocycles. The van der Waals surface area contributed by atoms with Gasteiger partial charge in [0.2, 0.25) is 0 Å². The maximum atomic E-state index is 11.1. The third kappa shape index (κ3) is 3.61. The van der Waals surface area contributed by atoms with Crippen molar-refractivity contribution in [3.05, 3.63) is 29.6 Å². The van der Waals surface area contributed by atoms with Gasteiger partial charge in [0.15, 0.2) is 0 Å². The molecule has 0 bridgehead atoms. The average Bonchev–Trinajstić information content (AvgIpc) is 2.29. The van der Waals surface area contributed by atoms with Gasteiger partial charge in [-0.05, 0) is 18.1 Å². The minimum absolute atomic E-state index is 0.259. The highest BCUT2D eigenvalue weighted by molar-refractivity contribution is 6.18. The average molecular weight is 224 g/mol. The molecule has 0 aromatic carbocycles. The van der Waals surface area contributed by atoms with Crippen molar-refractivity contribution in [1.29, 1.82) is 0 Å². The molecule has 15 heavy (non-hydrogen) atoms. The van der Waals surface area contributed by atoms with Gasteiger partial charge in [0, 0.05) is 12.3 Å². The summed E-state index contributed by atoms with van der Waals surface area (Å²) in [6.45, 7) is 0. The van der Waals surface area contributed by atoms with Crippen molar-refractivity contribution in [3.63, 3.8) is 0 Å². The molecule has 0 aliphatic carbocycles. The summed E-state index contributed by atoms with van der Waals surface area (Å²) in [4.78, 5) is 15.2. The van der Waals surface area contributed by atoms with Gasteiger partial charge in [0.1, 0.15) is 11.4 Å². The molecule has 0 aliphatic rings. The molecule has 0 aliphatic heterocycles. The number of nitrogens with zero attached hydrogens (tertiary/aromatic N) is 1. The molecule has 1 aromatic rings. The number of alkyl halides is 1. The lowest BCUT2D eigenvalue weighted by Gasteiger charge is -1.97. The zero-order chi connectivity index (χ0) is 11.1. The first-order valence-corrected chi connectivity index (χ1v) is 4.91. The first kappa shape index (κ1) is 11.5. The van der Waals surface area contributed by atoms with Crippen LogP contribution in [-0.4, -0.2) is 23.9 Å². The number of rotatable bonds is 2. The smallest absolute Gasteiger partial charge is 0.356 e. The van der Waals surface area contributed by atoms with Crippen LogP contribution < -0.4 is 0 Å². The largest absolute Gasteiger partial charge is 0.464 e. The number of halogens is 1. The number of carbonyl (C=O) groups is 1. The van der Waals surface area contributed by atoms with Crippen molar-refractivity contribution >= 4 is 17.6 Å². The molecule has 1 heterocycles. The van der Waals surface area contributed by atoms with Crippen LogP contribution in [0.3, 0.4) is 0 Å². The molecule has 1 rings (SSSR count). The van der Waals surface area contributed by atoms with E-state index < -0.39 is 5.97 Å². The molecule has 0 amide bonds. The van der Waals surface area contributed by atoms with Crippen LogP contribution in [0.25, 0.3) is 0 Å². The second kappa shape index (κ2) is 6.05. The monoisotopic (exact) mass is 223 g/mol. The van der Waals surface area contributed by atoms with Gasteiger partial charge < -0.3 is 4.74 Å². The van der Waals surface area contributed by atoms with Gasteiger partial charge >= 0.3 is 5.97 Å². The summed E-state index contributed by atoms with van der Waals surface area (Å²) in [5.74, 6) is 5.68. The summed E-state index contributed by atoms with van der Waals surface area (Å²) in [6, 6.07) is 5.02. The molecular weight excluding hydrogens is 214 g/mol. The molecule has 78 valence electrons. The first-order valence-electron chi connectivity index (χ1n) is 4.38. The SMILES string of the molecule is COC(=O)c1cccc(C#CCCCl)n1. The number of aromatic nitrogens is 1. The van der Waals surface area contributed by atoms with Crippen LogP contribution in [0.15, 0.2) is 18.2 Å². The molecule has 0 atom stereocenters. The van der Waals surface area contributed by atoms with E-state index in [1.807, 2.05) is 0 Å². The number of hydrogen-bond acceptors (Lipinski definition) is 3. The van der Waals surface area contributed by atoms with Crippen LogP contribution in [0, 0.1) is 11.8 Å². The zero-order valence-electron chi connectivity index (χ0n) is 8.29. The van der Waals surface area contributed by atoms with Crippen LogP contribution in [0.2, 0.25) is 0 Å². The van der Waals surface area contributed by atoms with Gasteiger partial charge in [0.25, 0.3) is 0 Å². The summed E-state index contributed by atoms with van der Waals surface area (Å²) < 4.78 is 4.55. The lowest BCUT2D eigenvalue weighted by Crippen LogP contribution is -2.04. The van der Waals surface area contributed by atoms with Crippen molar-refractivity contribution in [1.82, 2.24) is 4.98 Å². The van der Waals surface area contributed by atoms with Crippen molar-refractivity contribution in [2.24, 2.45) is 0 Å². The Labute approximate surface area is 93.4 Å². The molecule has 0 unspecified atom stereocenters. The van der Waals surface area contributed by atoms with Crippen LogP contribution in [-0.2, 0) is 4.74 Å². The summed E-state index contributed by atoms with van der Waals surface area (Å²) in [6.07, 6.45) is 0.603. The standard InChI is InChI=1S/C11H10ClNO2/c1-15-11(14)10-7-4-6-9(13-10)5-2-3-8-12/h4,6-7H,3,8H2,1H3. The van der Waals surface area contributed by atoms with E-state index in [1.165, 1.54) is 7.11 Å². The fourth-order valence-electron chi connectivity index (χ4n) is 0.923. The van der Waals surface area contributed by atoms with Crippen molar-refractivity contribution in [2.45, 2.75) is 6.42 Å². The van der Waals surface area contributed by atoms with E-state index in [1.54, 1.807) is 18.2 Å². The molecule has 0 fully saturated rings. The highest BCUT2D eigenvalue weighted by Crippen LogP contribution is 2.00. The Hall–Kier alpha value is -1.53. The highest BCUT2D eigenvalue weighted by Gasteiger charge is 2.05. The van der Waals surface area contributed by atoms with Crippen molar-refractivity contribution < 1.29 is 9.53 Å². The topological polar surface area (TPSA) is 39.2 Å². The van der Waals surface area contributed by atoms with Crippen LogP contribution in [0.4, 0.5) is 0 Å². The van der Waals surface area contributed by atoms with E-state index in [0.717, 1.165) is 0 Å². The molecule has 0 spiro atoms. The van der Waals surface area contributed by atoms with Gasteiger partial charge in [-0.1, -0.05) is 12.0 Å².